The van der Waals surface area contributed by atoms with E-state index in [2.05, 4.69) is 4.72 Å². The smallest absolute Gasteiger partial charge is 0.227 e. The first kappa shape index (κ1) is 19.5. The average molecular weight is 370 g/mol. The number of piperidine rings is 1. The van der Waals surface area contributed by atoms with Crippen molar-refractivity contribution >= 4 is 15.9 Å². The van der Waals surface area contributed by atoms with Crippen LogP contribution in [0.3, 0.4) is 0 Å². The van der Waals surface area contributed by atoms with E-state index in [1.165, 1.54) is 0 Å². The second-order valence-corrected chi connectivity index (χ2v) is 8.16. The van der Waals surface area contributed by atoms with Crippen molar-refractivity contribution in [3.8, 4) is 11.5 Å². The van der Waals surface area contributed by atoms with Crippen molar-refractivity contribution < 1.29 is 22.7 Å². The van der Waals surface area contributed by atoms with Gasteiger partial charge in [-0.25, -0.2) is 13.1 Å². The topological polar surface area (TPSA) is 84.9 Å². The first-order valence-electron chi connectivity index (χ1n) is 8.25. The van der Waals surface area contributed by atoms with E-state index in [9.17, 15) is 13.2 Å². The molecule has 1 heterocycles. The lowest BCUT2D eigenvalue weighted by Crippen LogP contribution is -2.44. The van der Waals surface area contributed by atoms with Crippen molar-refractivity contribution in [1.82, 2.24) is 9.62 Å². The second kappa shape index (κ2) is 8.53. The Labute approximate surface area is 149 Å². The number of nitrogens with zero attached hydrogens (tertiary/aromatic N) is 1. The second-order valence-electron chi connectivity index (χ2n) is 6.32. The fourth-order valence-electron chi connectivity index (χ4n) is 3.00. The third-order valence-electron chi connectivity index (χ3n) is 4.34. The summed E-state index contributed by atoms with van der Waals surface area (Å²) in [6.07, 6.45) is 3.19. The number of carbonyl (C=O) groups is 1. The largest absolute Gasteiger partial charge is 0.497 e. The van der Waals surface area contributed by atoms with Gasteiger partial charge in [-0.15, -0.1) is 0 Å². The zero-order chi connectivity index (χ0) is 18.4. The predicted octanol–water partition coefficient (Wildman–Crippen LogP) is 1.03. The zero-order valence-electron chi connectivity index (χ0n) is 14.9. The molecule has 0 radical (unpaired) electrons. The summed E-state index contributed by atoms with van der Waals surface area (Å²) in [4.78, 5) is 14.4. The van der Waals surface area contributed by atoms with Crippen LogP contribution in [0.25, 0.3) is 0 Å². The van der Waals surface area contributed by atoms with Gasteiger partial charge in [-0.3, -0.25) is 4.79 Å². The molecule has 1 aliphatic rings. The van der Waals surface area contributed by atoms with Crippen LogP contribution in [0.4, 0.5) is 0 Å². The molecular formula is C17H26N2O5S. The van der Waals surface area contributed by atoms with Gasteiger partial charge in [0.1, 0.15) is 11.5 Å². The maximum Gasteiger partial charge on any atom is 0.227 e. The molecule has 1 aliphatic heterocycles. The fourth-order valence-corrected chi connectivity index (χ4v) is 3.54. The molecule has 7 nitrogen and oxygen atoms in total. The minimum atomic E-state index is -3.21. The third kappa shape index (κ3) is 5.89. The van der Waals surface area contributed by atoms with Gasteiger partial charge in [-0.1, -0.05) is 6.07 Å². The molecule has 0 aromatic heterocycles. The summed E-state index contributed by atoms with van der Waals surface area (Å²) < 4.78 is 35.5. The Morgan fingerprint density at radius 1 is 1.32 bits per heavy atom. The molecule has 1 saturated heterocycles. The van der Waals surface area contributed by atoms with Gasteiger partial charge in [0.05, 0.1) is 26.9 Å². The van der Waals surface area contributed by atoms with Crippen LogP contribution < -0.4 is 14.2 Å². The van der Waals surface area contributed by atoms with Gasteiger partial charge >= 0.3 is 0 Å². The zero-order valence-corrected chi connectivity index (χ0v) is 15.8. The van der Waals surface area contributed by atoms with E-state index in [1.807, 2.05) is 11.0 Å². The highest BCUT2D eigenvalue weighted by Crippen LogP contribution is 2.26. The van der Waals surface area contributed by atoms with Gasteiger partial charge in [-0.05, 0) is 24.8 Å². The molecule has 140 valence electrons. The quantitative estimate of drug-likeness (QED) is 0.775. The van der Waals surface area contributed by atoms with Crippen LogP contribution in [0.5, 0.6) is 11.5 Å². The van der Waals surface area contributed by atoms with Crippen molar-refractivity contribution in [2.75, 3.05) is 40.1 Å². The lowest BCUT2D eigenvalue weighted by Gasteiger charge is -2.33. The predicted molar refractivity (Wildman–Crippen MR) is 95.4 cm³/mol. The van der Waals surface area contributed by atoms with Crippen LogP contribution >= 0.6 is 0 Å². The number of amides is 1. The molecule has 25 heavy (non-hydrogen) atoms. The number of sulfonamides is 1. The number of likely N-dealkylation sites (tertiary alicyclic amines) is 1. The summed E-state index contributed by atoms with van der Waals surface area (Å²) in [6.45, 7) is 1.64. The number of nitrogens with one attached hydrogen (secondary N) is 1. The van der Waals surface area contributed by atoms with E-state index in [1.54, 1.807) is 26.4 Å². The molecule has 0 aliphatic carbocycles. The van der Waals surface area contributed by atoms with Crippen molar-refractivity contribution in [2.45, 2.75) is 19.3 Å². The molecule has 1 unspecified atom stereocenters. The fraction of sp³-hybridized carbons (Fsp3) is 0.588. The molecule has 1 aromatic rings. The first-order chi connectivity index (χ1) is 11.8. The van der Waals surface area contributed by atoms with E-state index in [0.29, 0.717) is 31.1 Å². The Morgan fingerprint density at radius 2 is 2.08 bits per heavy atom. The molecule has 8 heteroatoms. The Bertz CT molecular complexity index is 705. The molecule has 1 aromatic carbocycles. The summed E-state index contributed by atoms with van der Waals surface area (Å²) in [6, 6.07) is 5.40. The van der Waals surface area contributed by atoms with Crippen LogP contribution in [-0.4, -0.2) is 59.3 Å². The highest BCUT2D eigenvalue weighted by molar-refractivity contribution is 7.88. The summed E-state index contributed by atoms with van der Waals surface area (Å²) in [5.74, 6) is 1.47. The maximum atomic E-state index is 12.6. The number of hydrogen-bond acceptors (Lipinski definition) is 5. The summed E-state index contributed by atoms with van der Waals surface area (Å²) in [5.41, 5.74) is 0.810. The lowest BCUT2D eigenvalue weighted by molar-refractivity contribution is -0.132. The SMILES string of the molecule is COc1ccc(CC(=O)N2CCCC(CNS(C)(=O)=O)C2)c(OC)c1. The molecule has 0 saturated carbocycles. The standard InChI is InChI=1S/C17H26N2O5S/c1-23-15-7-6-14(16(10-15)24-2)9-17(20)19-8-4-5-13(12-19)11-18-25(3,21)22/h6-7,10,13,18H,4-5,8-9,11-12H2,1-3H3. The van der Waals surface area contributed by atoms with Crippen LogP contribution in [0.1, 0.15) is 18.4 Å². The van der Waals surface area contributed by atoms with Gasteiger partial charge < -0.3 is 14.4 Å². The Kier molecular flexibility index (Phi) is 6.66. The van der Waals surface area contributed by atoms with Crippen molar-refractivity contribution in [2.24, 2.45) is 5.92 Å². The number of methoxy groups -OCH3 is 2. The summed E-state index contributed by atoms with van der Waals surface area (Å²) in [7, 11) is -0.0599. The lowest BCUT2D eigenvalue weighted by atomic mass is 9.97. The number of benzene rings is 1. The molecule has 0 bridgehead atoms. The normalized spacial score (nSPS) is 18.0. The molecule has 1 N–H and O–H groups in total. The van der Waals surface area contributed by atoms with E-state index in [4.69, 9.17) is 9.47 Å². The Hall–Kier alpha value is -1.80. The highest BCUT2D eigenvalue weighted by Gasteiger charge is 2.25. The maximum absolute atomic E-state index is 12.6. The van der Waals surface area contributed by atoms with Gasteiger partial charge in [0.25, 0.3) is 0 Å². The van der Waals surface area contributed by atoms with E-state index >= 15 is 0 Å². The minimum absolute atomic E-state index is 0.0209. The molecule has 2 rings (SSSR count). The Balaban J connectivity index is 1.98. The third-order valence-corrected chi connectivity index (χ3v) is 5.03. The van der Waals surface area contributed by atoms with Gasteiger partial charge in [0, 0.05) is 31.3 Å². The summed E-state index contributed by atoms with van der Waals surface area (Å²) in [5, 5.41) is 0. The molecule has 1 fully saturated rings. The van der Waals surface area contributed by atoms with Gasteiger partial charge in [0.15, 0.2) is 0 Å². The molecule has 0 spiro atoms. The van der Waals surface area contributed by atoms with E-state index in [-0.39, 0.29) is 18.2 Å². The number of hydrogen-bond donors (Lipinski definition) is 1. The number of carbonyl (C=O) groups excluding carboxylic acids is 1. The number of ether oxygens (including phenoxy) is 2. The number of rotatable bonds is 7. The van der Waals surface area contributed by atoms with Crippen LogP contribution in [-0.2, 0) is 21.2 Å². The van der Waals surface area contributed by atoms with Crippen LogP contribution in [0.2, 0.25) is 0 Å². The van der Waals surface area contributed by atoms with Crippen LogP contribution in [0, 0.1) is 5.92 Å². The molecule has 1 atom stereocenters. The molecular weight excluding hydrogens is 344 g/mol. The average Bonchev–Trinajstić information content (AvgIpc) is 2.60. The molecule has 1 amide bonds. The summed E-state index contributed by atoms with van der Waals surface area (Å²) >= 11 is 0. The van der Waals surface area contributed by atoms with E-state index in [0.717, 1.165) is 24.7 Å². The van der Waals surface area contributed by atoms with Crippen molar-refractivity contribution in [3.05, 3.63) is 23.8 Å². The monoisotopic (exact) mass is 370 g/mol. The van der Waals surface area contributed by atoms with Crippen LogP contribution in [0.15, 0.2) is 18.2 Å². The Morgan fingerprint density at radius 3 is 2.72 bits per heavy atom. The highest BCUT2D eigenvalue weighted by atomic mass is 32.2. The minimum Gasteiger partial charge on any atom is -0.497 e. The first-order valence-corrected chi connectivity index (χ1v) is 10.1. The van der Waals surface area contributed by atoms with Crippen molar-refractivity contribution in [1.29, 1.82) is 0 Å². The van der Waals surface area contributed by atoms with Crippen molar-refractivity contribution in [3.63, 3.8) is 0 Å². The van der Waals surface area contributed by atoms with E-state index < -0.39 is 10.0 Å². The van der Waals surface area contributed by atoms with Gasteiger partial charge in [-0.2, -0.15) is 0 Å². The van der Waals surface area contributed by atoms with Gasteiger partial charge in [0.2, 0.25) is 15.9 Å².